The Bertz CT molecular complexity index is 642. The van der Waals surface area contributed by atoms with Crippen molar-refractivity contribution >= 4 is 5.91 Å². The summed E-state index contributed by atoms with van der Waals surface area (Å²) in [6.45, 7) is 2.68. The van der Waals surface area contributed by atoms with Crippen LogP contribution in [0.3, 0.4) is 0 Å². The first-order chi connectivity index (χ1) is 10.7. The number of hydrogen-bond acceptors (Lipinski definition) is 4. The summed E-state index contributed by atoms with van der Waals surface area (Å²) in [5.74, 6) is -0.0691. The number of ether oxygens (including phenoxy) is 1. The molecule has 6 heteroatoms. The van der Waals surface area contributed by atoms with E-state index in [4.69, 9.17) is 4.74 Å². The molecule has 0 saturated carbocycles. The van der Waals surface area contributed by atoms with Crippen LogP contribution in [0.2, 0.25) is 0 Å². The summed E-state index contributed by atoms with van der Waals surface area (Å²) in [4.78, 5) is 14.7. The van der Waals surface area contributed by atoms with Gasteiger partial charge in [-0.2, -0.15) is 5.10 Å². The van der Waals surface area contributed by atoms with E-state index in [1.807, 2.05) is 37.4 Å². The van der Waals surface area contributed by atoms with Crippen LogP contribution in [0.15, 0.2) is 42.7 Å². The number of carbonyl (C=O) groups is 1. The molecule has 6 nitrogen and oxygen atoms in total. The normalized spacial score (nSPS) is 21.8. The number of morpholine rings is 1. The molecule has 1 saturated heterocycles. The van der Waals surface area contributed by atoms with E-state index in [-0.39, 0.29) is 24.7 Å². The predicted octanol–water partition coefficient (Wildman–Crippen LogP) is 1.09. The molecule has 0 spiro atoms. The summed E-state index contributed by atoms with van der Waals surface area (Å²) in [7, 11) is 0. The predicted molar refractivity (Wildman–Crippen MR) is 80.9 cm³/mol. The number of aliphatic hydroxyl groups excluding tert-OH is 1. The smallest absolute Gasteiger partial charge is 0.256 e. The fourth-order valence-corrected chi connectivity index (χ4v) is 2.63. The monoisotopic (exact) mass is 301 g/mol. The van der Waals surface area contributed by atoms with Crippen LogP contribution in [-0.4, -0.2) is 57.6 Å². The summed E-state index contributed by atoms with van der Waals surface area (Å²) < 4.78 is 7.18. The van der Waals surface area contributed by atoms with Crippen LogP contribution in [0.25, 0.3) is 5.69 Å². The molecule has 2 atom stereocenters. The molecule has 3 rings (SSSR count). The van der Waals surface area contributed by atoms with Crippen molar-refractivity contribution in [2.75, 3.05) is 19.8 Å². The molecule has 0 bridgehead atoms. The molecule has 1 N–H and O–H groups in total. The second-order valence-corrected chi connectivity index (χ2v) is 5.41. The average molecular weight is 301 g/mol. The molecule has 2 unspecified atom stereocenters. The average Bonchev–Trinajstić information content (AvgIpc) is 3.09. The quantitative estimate of drug-likeness (QED) is 0.921. The van der Waals surface area contributed by atoms with Gasteiger partial charge >= 0.3 is 0 Å². The molecule has 0 aliphatic carbocycles. The van der Waals surface area contributed by atoms with Crippen LogP contribution < -0.4 is 0 Å². The summed E-state index contributed by atoms with van der Waals surface area (Å²) in [5.41, 5.74) is 1.34. The summed E-state index contributed by atoms with van der Waals surface area (Å²) in [6, 6.07) is 9.19. The molecule has 1 aliphatic rings. The zero-order valence-corrected chi connectivity index (χ0v) is 12.4. The molecule has 2 heterocycles. The molecule has 1 fully saturated rings. The molecule has 2 aromatic rings. The van der Waals surface area contributed by atoms with Gasteiger partial charge in [0.2, 0.25) is 0 Å². The highest BCUT2D eigenvalue weighted by molar-refractivity contribution is 5.98. The van der Waals surface area contributed by atoms with Crippen LogP contribution in [-0.2, 0) is 4.74 Å². The van der Waals surface area contributed by atoms with Gasteiger partial charge in [-0.15, -0.1) is 0 Å². The van der Waals surface area contributed by atoms with E-state index in [1.54, 1.807) is 21.8 Å². The summed E-state index contributed by atoms with van der Waals surface area (Å²) >= 11 is 0. The number of rotatable bonds is 3. The highest BCUT2D eigenvalue weighted by Crippen LogP contribution is 2.20. The maximum absolute atomic E-state index is 12.9. The number of aromatic nitrogens is 2. The third-order valence-corrected chi connectivity index (χ3v) is 3.86. The van der Waals surface area contributed by atoms with Gasteiger partial charge in [0, 0.05) is 18.9 Å². The summed E-state index contributed by atoms with van der Waals surface area (Å²) in [6.07, 6.45) is 3.17. The van der Waals surface area contributed by atoms with E-state index >= 15 is 0 Å². The number of hydrogen-bond donors (Lipinski definition) is 1. The molecular weight excluding hydrogens is 282 g/mol. The molecule has 1 amide bonds. The fourth-order valence-electron chi connectivity index (χ4n) is 2.63. The van der Waals surface area contributed by atoms with E-state index in [0.717, 1.165) is 5.69 Å². The highest BCUT2D eigenvalue weighted by atomic mass is 16.5. The Hall–Kier alpha value is -2.18. The zero-order chi connectivity index (χ0) is 15.5. The Morgan fingerprint density at radius 3 is 2.95 bits per heavy atom. The lowest BCUT2D eigenvalue weighted by atomic mass is 10.1. The van der Waals surface area contributed by atoms with Crippen molar-refractivity contribution in [1.29, 1.82) is 0 Å². The van der Waals surface area contributed by atoms with Crippen LogP contribution in [0.1, 0.15) is 17.3 Å². The van der Waals surface area contributed by atoms with Crippen molar-refractivity contribution in [3.63, 3.8) is 0 Å². The molecule has 1 aliphatic heterocycles. The number of carbonyl (C=O) groups excluding carboxylic acids is 1. The van der Waals surface area contributed by atoms with E-state index in [1.165, 1.54) is 0 Å². The Morgan fingerprint density at radius 1 is 1.41 bits per heavy atom. The van der Waals surface area contributed by atoms with E-state index in [9.17, 15) is 9.90 Å². The highest BCUT2D eigenvalue weighted by Gasteiger charge is 2.31. The van der Waals surface area contributed by atoms with Gasteiger partial charge in [-0.3, -0.25) is 4.79 Å². The van der Waals surface area contributed by atoms with Gasteiger partial charge in [0.25, 0.3) is 5.91 Å². The first-order valence-electron chi connectivity index (χ1n) is 7.33. The van der Waals surface area contributed by atoms with Gasteiger partial charge < -0.3 is 14.7 Å². The van der Waals surface area contributed by atoms with Gasteiger partial charge in [-0.25, -0.2) is 4.68 Å². The van der Waals surface area contributed by atoms with E-state index < -0.39 is 0 Å². The molecule has 116 valence electrons. The van der Waals surface area contributed by atoms with Gasteiger partial charge in [-0.05, 0) is 25.1 Å². The second-order valence-electron chi connectivity index (χ2n) is 5.41. The Balaban J connectivity index is 1.92. The zero-order valence-electron chi connectivity index (χ0n) is 12.4. The van der Waals surface area contributed by atoms with Crippen LogP contribution in [0, 0.1) is 0 Å². The van der Waals surface area contributed by atoms with Crippen molar-refractivity contribution in [3.8, 4) is 5.69 Å². The maximum Gasteiger partial charge on any atom is 0.256 e. The number of aliphatic hydroxyl groups is 1. The Kier molecular flexibility index (Phi) is 4.22. The molecule has 0 radical (unpaired) electrons. The molecule has 1 aromatic heterocycles. The van der Waals surface area contributed by atoms with Crippen LogP contribution in [0.4, 0.5) is 0 Å². The minimum Gasteiger partial charge on any atom is -0.394 e. The lowest BCUT2D eigenvalue weighted by Gasteiger charge is -2.37. The third-order valence-electron chi connectivity index (χ3n) is 3.86. The summed E-state index contributed by atoms with van der Waals surface area (Å²) in [5, 5.41) is 13.5. The van der Waals surface area contributed by atoms with Gasteiger partial charge in [-0.1, -0.05) is 12.1 Å². The standard InChI is InChI=1S/C16H19N3O3/c1-12-11-22-13(10-20)9-18(12)16(21)14-5-2-3-6-15(14)19-8-4-7-17-19/h2-8,12-13,20H,9-11H2,1H3. The molecular formula is C16H19N3O3. The van der Waals surface area contributed by atoms with Crippen molar-refractivity contribution in [1.82, 2.24) is 14.7 Å². The lowest BCUT2D eigenvalue weighted by molar-refractivity contribution is -0.0667. The number of nitrogens with zero attached hydrogens (tertiary/aromatic N) is 3. The minimum atomic E-state index is -0.322. The largest absolute Gasteiger partial charge is 0.394 e. The van der Waals surface area contributed by atoms with Crippen molar-refractivity contribution in [2.24, 2.45) is 0 Å². The third kappa shape index (κ3) is 2.75. The van der Waals surface area contributed by atoms with E-state index in [0.29, 0.717) is 18.7 Å². The molecule has 1 aromatic carbocycles. The lowest BCUT2D eigenvalue weighted by Crippen LogP contribution is -2.52. The number of para-hydroxylation sites is 1. The Morgan fingerprint density at radius 2 is 2.23 bits per heavy atom. The SMILES string of the molecule is CC1COC(CO)CN1C(=O)c1ccccc1-n1cccn1. The number of benzene rings is 1. The van der Waals surface area contributed by atoms with Crippen LogP contribution >= 0.6 is 0 Å². The Labute approximate surface area is 128 Å². The maximum atomic E-state index is 12.9. The van der Waals surface area contributed by atoms with Crippen molar-refractivity contribution < 1.29 is 14.6 Å². The topological polar surface area (TPSA) is 67.6 Å². The second kappa shape index (κ2) is 6.29. The first-order valence-corrected chi connectivity index (χ1v) is 7.33. The van der Waals surface area contributed by atoms with Gasteiger partial charge in [0.15, 0.2) is 0 Å². The number of amides is 1. The van der Waals surface area contributed by atoms with Crippen LogP contribution in [0.5, 0.6) is 0 Å². The van der Waals surface area contributed by atoms with Gasteiger partial charge in [0.1, 0.15) is 0 Å². The first kappa shape index (κ1) is 14.7. The van der Waals surface area contributed by atoms with Crippen molar-refractivity contribution in [3.05, 3.63) is 48.3 Å². The van der Waals surface area contributed by atoms with Gasteiger partial charge in [0.05, 0.1) is 36.6 Å². The molecule has 22 heavy (non-hydrogen) atoms. The van der Waals surface area contributed by atoms with E-state index in [2.05, 4.69) is 5.10 Å². The van der Waals surface area contributed by atoms with Crippen molar-refractivity contribution in [2.45, 2.75) is 19.1 Å². The fraction of sp³-hybridized carbons (Fsp3) is 0.375. The minimum absolute atomic E-state index is 0.0269.